The van der Waals surface area contributed by atoms with E-state index in [4.69, 9.17) is 11.0 Å². The van der Waals surface area contributed by atoms with E-state index >= 15 is 0 Å². The number of para-hydroxylation sites is 1. The number of nitriles is 1. The molecular formula is C71H69N3. The summed E-state index contributed by atoms with van der Waals surface area (Å²) in [5.41, 5.74) is 30.0. The number of anilines is 4. The van der Waals surface area contributed by atoms with E-state index in [9.17, 15) is 0 Å². The number of nitrogen functional groups attached to an aromatic ring is 1. The van der Waals surface area contributed by atoms with Crippen LogP contribution in [0, 0.1) is 52.9 Å². The van der Waals surface area contributed by atoms with Gasteiger partial charge in [0.15, 0.2) is 0 Å². The lowest BCUT2D eigenvalue weighted by molar-refractivity contribution is 0.867. The van der Waals surface area contributed by atoms with Crippen LogP contribution in [0.3, 0.4) is 0 Å². The highest BCUT2D eigenvalue weighted by Crippen LogP contribution is 2.41. The average molecular weight is 964 g/mol. The van der Waals surface area contributed by atoms with Crippen LogP contribution in [0.25, 0.3) is 33.4 Å². The SMILES string of the molecule is Cc1ccc(-c2ccc(N(c3ccccc3)c3ccc(Cc4ccccc4)c(-c4cc(C(C)C)ccc4N)c3)cc2)cc1.Cc1ccc(C)c(-c2cc(C#N)ccc2C)c1.Cc1ccccc1.Cc1ccccc1. The Morgan fingerprint density at radius 3 is 1.42 bits per heavy atom. The molecule has 0 unspecified atom stereocenters. The van der Waals surface area contributed by atoms with Crippen LogP contribution < -0.4 is 10.6 Å². The number of hydrogen-bond donors (Lipinski definition) is 1. The molecule has 10 rings (SSSR count). The van der Waals surface area contributed by atoms with Gasteiger partial charge in [-0.15, -0.1) is 0 Å². The standard InChI is InChI=1S/C41H38N2.C16H15N.2C7H8/c1-29(2)34-21-25-41(42)40(27-34)39-28-38(24-20-35(39)26-31-10-6-4-7-11-31)43(36-12-8-5-9-13-36)37-22-18-33(19-23-37)32-16-14-30(3)15-17-32;1-11-4-5-12(2)15(8-11)16-9-14(10-17)7-6-13(16)3;2*1-7-5-3-2-4-6-7/h4-25,27-29H,26,42H2,1-3H3;4-9H,1-3H3;2*2-6H,1H3. The second-order valence-electron chi connectivity index (χ2n) is 19.4. The lowest BCUT2D eigenvalue weighted by Crippen LogP contribution is -2.10. The van der Waals surface area contributed by atoms with Gasteiger partial charge in [0.1, 0.15) is 0 Å². The maximum Gasteiger partial charge on any atom is 0.0991 e. The summed E-state index contributed by atoms with van der Waals surface area (Å²) in [5.74, 6) is 0.410. The number of hydrogen-bond acceptors (Lipinski definition) is 3. The van der Waals surface area contributed by atoms with Crippen molar-refractivity contribution in [3.8, 4) is 39.4 Å². The van der Waals surface area contributed by atoms with Gasteiger partial charge >= 0.3 is 0 Å². The van der Waals surface area contributed by atoms with Crippen molar-refractivity contribution in [3.05, 3.63) is 298 Å². The number of nitrogens with two attached hydrogens (primary N) is 1. The molecule has 0 aliphatic heterocycles. The molecule has 0 amide bonds. The molecule has 0 aliphatic rings. The zero-order valence-electron chi connectivity index (χ0n) is 44.4. The van der Waals surface area contributed by atoms with Crippen LogP contribution >= 0.6 is 0 Å². The minimum absolute atomic E-state index is 0.410. The first-order valence-corrected chi connectivity index (χ1v) is 25.6. The van der Waals surface area contributed by atoms with Crippen LogP contribution in [0.15, 0.2) is 243 Å². The molecule has 74 heavy (non-hydrogen) atoms. The van der Waals surface area contributed by atoms with Crippen LogP contribution in [0.1, 0.15) is 75.4 Å². The van der Waals surface area contributed by atoms with Gasteiger partial charge in [-0.1, -0.05) is 218 Å². The number of rotatable bonds is 9. The van der Waals surface area contributed by atoms with Crippen molar-refractivity contribution in [1.82, 2.24) is 0 Å². The van der Waals surface area contributed by atoms with E-state index < -0.39 is 0 Å². The Labute approximate surface area is 441 Å². The number of aryl methyl sites for hydroxylation is 6. The first-order valence-electron chi connectivity index (χ1n) is 25.6. The Morgan fingerprint density at radius 2 is 0.878 bits per heavy atom. The first-order chi connectivity index (χ1) is 35.9. The summed E-state index contributed by atoms with van der Waals surface area (Å²) in [4.78, 5) is 2.33. The van der Waals surface area contributed by atoms with Crippen LogP contribution in [0.5, 0.6) is 0 Å². The fraction of sp³-hybridized carbons (Fsp3) is 0.141. The third-order valence-corrected chi connectivity index (χ3v) is 13.1. The Morgan fingerprint density at radius 1 is 0.405 bits per heavy atom. The molecular weight excluding hydrogens is 895 g/mol. The fourth-order valence-corrected chi connectivity index (χ4v) is 8.74. The molecule has 0 aromatic heterocycles. The topological polar surface area (TPSA) is 53.0 Å². The monoisotopic (exact) mass is 964 g/mol. The molecule has 368 valence electrons. The zero-order chi connectivity index (χ0) is 52.4. The molecule has 10 aromatic carbocycles. The van der Waals surface area contributed by atoms with Crippen LogP contribution in [0.4, 0.5) is 22.7 Å². The molecule has 0 aliphatic carbocycles. The van der Waals surface area contributed by atoms with E-state index in [-0.39, 0.29) is 0 Å². The summed E-state index contributed by atoms with van der Waals surface area (Å²) in [5, 5.41) is 8.97. The molecule has 0 spiro atoms. The van der Waals surface area contributed by atoms with Crippen molar-refractivity contribution >= 4 is 22.7 Å². The fourth-order valence-electron chi connectivity index (χ4n) is 8.74. The van der Waals surface area contributed by atoms with E-state index in [0.29, 0.717) is 11.5 Å². The molecule has 0 heterocycles. The molecule has 2 N–H and O–H groups in total. The molecule has 0 saturated heterocycles. The second kappa shape index (κ2) is 26.1. The zero-order valence-corrected chi connectivity index (χ0v) is 44.4. The smallest absolute Gasteiger partial charge is 0.0991 e. The Balaban J connectivity index is 0.000000207. The highest BCUT2D eigenvalue weighted by atomic mass is 15.1. The summed E-state index contributed by atoms with van der Waals surface area (Å²) >= 11 is 0. The minimum atomic E-state index is 0.410. The van der Waals surface area contributed by atoms with Crippen LogP contribution in [-0.4, -0.2) is 0 Å². The normalized spacial score (nSPS) is 10.4. The molecule has 3 heteroatoms. The van der Waals surface area contributed by atoms with Gasteiger partial charge in [-0.3, -0.25) is 0 Å². The predicted molar refractivity (Wildman–Crippen MR) is 318 cm³/mol. The van der Waals surface area contributed by atoms with E-state index in [1.54, 1.807) is 0 Å². The van der Waals surface area contributed by atoms with Crippen molar-refractivity contribution in [2.24, 2.45) is 0 Å². The van der Waals surface area contributed by atoms with Gasteiger partial charge in [-0.2, -0.15) is 5.26 Å². The maximum atomic E-state index is 8.97. The van der Waals surface area contributed by atoms with Crippen LogP contribution in [0.2, 0.25) is 0 Å². The van der Waals surface area contributed by atoms with Crippen molar-refractivity contribution in [3.63, 3.8) is 0 Å². The second-order valence-corrected chi connectivity index (χ2v) is 19.4. The molecule has 0 bridgehead atoms. The number of nitrogens with zero attached hydrogens (tertiary/aromatic N) is 2. The van der Waals surface area contributed by atoms with Gasteiger partial charge in [0.2, 0.25) is 0 Å². The van der Waals surface area contributed by atoms with Gasteiger partial charge in [-0.05, 0) is 170 Å². The molecule has 0 fully saturated rings. The minimum Gasteiger partial charge on any atom is -0.398 e. The van der Waals surface area contributed by atoms with E-state index in [0.717, 1.165) is 40.3 Å². The summed E-state index contributed by atoms with van der Waals surface area (Å²) in [7, 11) is 0. The summed E-state index contributed by atoms with van der Waals surface area (Å²) in [6, 6.07) is 87.1. The van der Waals surface area contributed by atoms with Gasteiger partial charge in [-0.25, -0.2) is 0 Å². The Bertz CT molecular complexity index is 3330. The highest BCUT2D eigenvalue weighted by molar-refractivity contribution is 5.86. The van der Waals surface area contributed by atoms with Gasteiger partial charge in [0.25, 0.3) is 0 Å². The average Bonchev–Trinajstić information content (AvgIpc) is 3.42. The lowest BCUT2D eigenvalue weighted by atomic mass is 9.90. The van der Waals surface area contributed by atoms with Gasteiger partial charge in [0, 0.05) is 28.3 Å². The Hall–Kier alpha value is -8.71. The van der Waals surface area contributed by atoms with Crippen molar-refractivity contribution in [1.29, 1.82) is 5.26 Å². The molecule has 10 aromatic rings. The Kier molecular flexibility index (Phi) is 18.7. The maximum absolute atomic E-state index is 8.97. The van der Waals surface area contributed by atoms with Crippen molar-refractivity contribution in [2.75, 3.05) is 10.6 Å². The van der Waals surface area contributed by atoms with Gasteiger partial charge < -0.3 is 10.6 Å². The van der Waals surface area contributed by atoms with E-state index in [2.05, 4.69) is 254 Å². The third-order valence-electron chi connectivity index (χ3n) is 13.1. The highest BCUT2D eigenvalue weighted by Gasteiger charge is 2.18. The first kappa shape index (κ1) is 53.1. The summed E-state index contributed by atoms with van der Waals surface area (Å²) < 4.78 is 0. The summed E-state index contributed by atoms with van der Waals surface area (Å²) in [6.45, 7) is 17.0. The van der Waals surface area contributed by atoms with Crippen molar-refractivity contribution < 1.29 is 0 Å². The third kappa shape index (κ3) is 14.7. The summed E-state index contributed by atoms with van der Waals surface area (Å²) in [6.07, 6.45) is 0.832. The van der Waals surface area contributed by atoms with E-state index in [1.165, 1.54) is 72.3 Å². The predicted octanol–water partition coefficient (Wildman–Crippen LogP) is 19.2. The molecule has 0 radical (unpaired) electrons. The largest absolute Gasteiger partial charge is 0.398 e. The molecule has 3 nitrogen and oxygen atoms in total. The number of benzene rings is 10. The van der Waals surface area contributed by atoms with Crippen LogP contribution in [-0.2, 0) is 6.42 Å². The quantitative estimate of drug-likeness (QED) is 0.147. The molecule has 0 atom stereocenters. The van der Waals surface area contributed by atoms with Crippen molar-refractivity contribution in [2.45, 2.75) is 67.7 Å². The lowest BCUT2D eigenvalue weighted by Gasteiger charge is -2.27. The molecule has 0 saturated carbocycles. The van der Waals surface area contributed by atoms with E-state index in [1.807, 2.05) is 54.6 Å². The van der Waals surface area contributed by atoms with Gasteiger partial charge in [0.05, 0.1) is 11.6 Å².